The molecule has 1 N–H and O–H groups in total. The highest BCUT2D eigenvalue weighted by molar-refractivity contribution is 5.81. The van der Waals surface area contributed by atoms with Gasteiger partial charge in [0.25, 0.3) is 5.91 Å². The number of likely N-dealkylation sites (tertiary alicyclic amines) is 1. The monoisotopic (exact) mass is 331 g/mol. The zero-order chi connectivity index (χ0) is 17.1. The quantitative estimate of drug-likeness (QED) is 0.937. The smallest absolute Gasteiger partial charge is 0.263 e. The number of benzene rings is 1. The summed E-state index contributed by atoms with van der Waals surface area (Å²) in [5.74, 6) is 0.380. The van der Waals surface area contributed by atoms with E-state index in [0.717, 1.165) is 30.8 Å². The predicted molar refractivity (Wildman–Crippen MR) is 88.4 cm³/mol. The molecular weight excluding hydrogens is 309 g/mol. The average molecular weight is 331 g/mol. The lowest BCUT2D eigenvalue weighted by Gasteiger charge is -2.33. The van der Waals surface area contributed by atoms with E-state index in [4.69, 9.17) is 4.74 Å². The minimum absolute atomic E-state index is 0.0451. The predicted octanol–water partition coefficient (Wildman–Crippen LogP) is 3.03. The Morgan fingerprint density at radius 3 is 2.83 bits per heavy atom. The Balaban J connectivity index is 1.62. The van der Waals surface area contributed by atoms with Gasteiger partial charge in [0.2, 0.25) is 0 Å². The first-order chi connectivity index (χ1) is 11.5. The lowest BCUT2D eigenvalue weighted by Crippen LogP contribution is -2.45. The molecule has 5 nitrogen and oxygen atoms in total. The Bertz CT molecular complexity index is 699. The van der Waals surface area contributed by atoms with E-state index in [9.17, 15) is 9.18 Å². The summed E-state index contributed by atoms with van der Waals surface area (Å²) in [7, 11) is 0. The highest BCUT2D eigenvalue weighted by Gasteiger charge is 2.29. The summed E-state index contributed by atoms with van der Waals surface area (Å²) in [5, 5.41) is 7.29. The number of piperidine rings is 1. The maximum atomic E-state index is 12.9. The van der Waals surface area contributed by atoms with E-state index in [2.05, 4.69) is 10.2 Å². The first kappa shape index (κ1) is 16.5. The minimum Gasteiger partial charge on any atom is -0.481 e. The molecule has 1 amide bonds. The van der Waals surface area contributed by atoms with E-state index in [1.54, 1.807) is 6.92 Å². The molecule has 6 heteroatoms. The molecule has 2 atom stereocenters. The normalized spacial score (nSPS) is 19.1. The van der Waals surface area contributed by atoms with Crippen molar-refractivity contribution in [3.05, 3.63) is 47.5 Å². The summed E-state index contributed by atoms with van der Waals surface area (Å²) in [5.41, 5.74) is 2.04. The number of H-pyrrole nitrogens is 1. The van der Waals surface area contributed by atoms with E-state index in [0.29, 0.717) is 12.3 Å². The van der Waals surface area contributed by atoms with Crippen LogP contribution in [0.3, 0.4) is 0 Å². The van der Waals surface area contributed by atoms with Crippen LogP contribution in [0.25, 0.3) is 0 Å². The second-order valence-corrected chi connectivity index (χ2v) is 6.31. The third-order valence-electron chi connectivity index (χ3n) is 4.35. The maximum absolute atomic E-state index is 12.9. The number of amides is 1. The second kappa shape index (κ2) is 7.03. The number of aromatic nitrogens is 2. The molecule has 1 saturated heterocycles. The van der Waals surface area contributed by atoms with Gasteiger partial charge in [0.1, 0.15) is 11.6 Å². The van der Waals surface area contributed by atoms with Crippen LogP contribution in [0.2, 0.25) is 0 Å². The standard InChI is InChI=1S/C18H22FN3O2/c1-12-10-17(21-20-12)14-4-3-9-22(11-14)18(23)13(2)24-16-7-5-15(19)6-8-16/h5-8,10,13-14H,3-4,9,11H2,1-2H3,(H,20,21). The third-order valence-corrected chi connectivity index (χ3v) is 4.35. The van der Waals surface area contributed by atoms with Crippen LogP contribution in [0.15, 0.2) is 30.3 Å². The van der Waals surface area contributed by atoms with Gasteiger partial charge in [-0.25, -0.2) is 4.39 Å². The van der Waals surface area contributed by atoms with Crippen molar-refractivity contribution in [3.63, 3.8) is 0 Å². The fourth-order valence-electron chi connectivity index (χ4n) is 3.09. The van der Waals surface area contributed by atoms with Crippen molar-refractivity contribution in [2.24, 2.45) is 0 Å². The number of carbonyl (C=O) groups excluding carboxylic acids is 1. The van der Waals surface area contributed by atoms with Crippen LogP contribution in [0.1, 0.15) is 37.1 Å². The van der Waals surface area contributed by atoms with Crippen LogP contribution in [-0.4, -0.2) is 40.2 Å². The van der Waals surface area contributed by atoms with Gasteiger partial charge in [-0.3, -0.25) is 9.89 Å². The molecule has 3 rings (SSSR count). The molecule has 0 saturated carbocycles. The largest absolute Gasteiger partial charge is 0.481 e. The van der Waals surface area contributed by atoms with Gasteiger partial charge in [-0.2, -0.15) is 5.10 Å². The second-order valence-electron chi connectivity index (χ2n) is 6.31. The molecule has 128 valence electrons. The number of aryl methyl sites for hydroxylation is 1. The van der Waals surface area contributed by atoms with Crippen LogP contribution < -0.4 is 4.74 Å². The minimum atomic E-state index is -0.602. The number of nitrogens with zero attached hydrogens (tertiary/aromatic N) is 2. The number of ether oxygens (including phenoxy) is 1. The number of carbonyl (C=O) groups is 1. The summed E-state index contributed by atoms with van der Waals surface area (Å²) in [6, 6.07) is 7.75. The lowest BCUT2D eigenvalue weighted by molar-refractivity contribution is -0.139. The molecule has 24 heavy (non-hydrogen) atoms. The Morgan fingerprint density at radius 2 is 2.17 bits per heavy atom. The van der Waals surface area contributed by atoms with Crippen LogP contribution in [-0.2, 0) is 4.79 Å². The lowest BCUT2D eigenvalue weighted by atomic mass is 9.94. The summed E-state index contributed by atoms with van der Waals surface area (Å²) in [6.45, 7) is 5.09. The first-order valence-corrected chi connectivity index (χ1v) is 8.26. The number of hydrogen-bond acceptors (Lipinski definition) is 3. The van der Waals surface area contributed by atoms with Gasteiger partial charge in [-0.05, 0) is 57.0 Å². The Labute approximate surface area is 140 Å². The highest BCUT2D eigenvalue weighted by Crippen LogP contribution is 2.26. The molecule has 1 fully saturated rings. The number of rotatable bonds is 4. The van der Waals surface area contributed by atoms with Gasteiger partial charge in [0.05, 0.1) is 5.69 Å². The molecule has 1 aliphatic rings. The fourth-order valence-corrected chi connectivity index (χ4v) is 3.09. The van der Waals surface area contributed by atoms with E-state index in [1.165, 1.54) is 24.3 Å². The highest BCUT2D eigenvalue weighted by atomic mass is 19.1. The van der Waals surface area contributed by atoms with Crippen molar-refractivity contribution in [1.82, 2.24) is 15.1 Å². The molecule has 1 aromatic carbocycles. The molecule has 2 unspecified atom stereocenters. The molecule has 1 aliphatic heterocycles. The van der Waals surface area contributed by atoms with Gasteiger partial charge >= 0.3 is 0 Å². The Hall–Kier alpha value is -2.37. The van der Waals surface area contributed by atoms with Crippen molar-refractivity contribution in [3.8, 4) is 5.75 Å². The van der Waals surface area contributed by atoms with Gasteiger partial charge in [0.15, 0.2) is 6.10 Å². The van der Waals surface area contributed by atoms with E-state index in [-0.39, 0.29) is 17.6 Å². The van der Waals surface area contributed by atoms with Crippen molar-refractivity contribution < 1.29 is 13.9 Å². The molecule has 0 bridgehead atoms. The fraction of sp³-hybridized carbons (Fsp3) is 0.444. The van der Waals surface area contributed by atoms with Crippen LogP contribution in [0, 0.1) is 12.7 Å². The summed E-state index contributed by atoms with van der Waals surface area (Å²) in [6.07, 6.45) is 1.38. The zero-order valence-corrected chi connectivity index (χ0v) is 14.0. The molecule has 0 aliphatic carbocycles. The summed E-state index contributed by atoms with van der Waals surface area (Å²) >= 11 is 0. The van der Waals surface area contributed by atoms with Crippen molar-refractivity contribution in [2.45, 2.75) is 38.7 Å². The SMILES string of the molecule is Cc1cc(C2CCCN(C(=O)C(C)Oc3ccc(F)cc3)C2)n[nH]1. The van der Waals surface area contributed by atoms with Gasteiger partial charge in [-0.15, -0.1) is 0 Å². The number of nitrogens with one attached hydrogen (secondary N) is 1. The molecule has 0 spiro atoms. The van der Waals surface area contributed by atoms with E-state index < -0.39 is 6.10 Å². The van der Waals surface area contributed by atoms with Gasteiger partial charge < -0.3 is 9.64 Å². The van der Waals surface area contributed by atoms with Crippen LogP contribution in [0.5, 0.6) is 5.75 Å². The number of halogens is 1. The summed E-state index contributed by atoms with van der Waals surface area (Å²) < 4.78 is 18.6. The molecule has 2 aromatic rings. The van der Waals surface area contributed by atoms with Crippen LogP contribution >= 0.6 is 0 Å². The van der Waals surface area contributed by atoms with Crippen LogP contribution in [0.4, 0.5) is 4.39 Å². The Morgan fingerprint density at radius 1 is 1.42 bits per heavy atom. The van der Waals surface area contributed by atoms with Crippen molar-refractivity contribution >= 4 is 5.91 Å². The maximum Gasteiger partial charge on any atom is 0.263 e. The third kappa shape index (κ3) is 3.75. The van der Waals surface area contributed by atoms with E-state index in [1.807, 2.05) is 17.9 Å². The number of hydrogen-bond donors (Lipinski definition) is 1. The van der Waals surface area contributed by atoms with Gasteiger partial charge in [-0.1, -0.05) is 0 Å². The molecule has 0 radical (unpaired) electrons. The van der Waals surface area contributed by atoms with Crippen molar-refractivity contribution in [2.75, 3.05) is 13.1 Å². The van der Waals surface area contributed by atoms with Crippen molar-refractivity contribution in [1.29, 1.82) is 0 Å². The van der Waals surface area contributed by atoms with E-state index >= 15 is 0 Å². The molecule has 2 heterocycles. The Kier molecular flexibility index (Phi) is 4.83. The van der Waals surface area contributed by atoms with Gasteiger partial charge in [0, 0.05) is 24.7 Å². The molecular formula is C18H22FN3O2. The average Bonchev–Trinajstić information content (AvgIpc) is 3.03. The first-order valence-electron chi connectivity index (χ1n) is 8.26. The number of aromatic amines is 1. The summed E-state index contributed by atoms with van der Waals surface area (Å²) in [4.78, 5) is 14.5. The molecule has 1 aromatic heterocycles. The topological polar surface area (TPSA) is 58.2 Å². The zero-order valence-electron chi connectivity index (χ0n) is 14.0.